The Hall–Kier alpha value is -2.62. The van der Waals surface area contributed by atoms with E-state index in [1.807, 2.05) is 67.6 Å². The summed E-state index contributed by atoms with van der Waals surface area (Å²) in [5.41, 5.74) is 0.810. The van der Waals surface area contributed by atoms with Crippen molar-refractivity contribution < 1.29 is 9.59 Å². The molecule has 0 radical (unpaired) electrons. The molecule has 0 unspecified atom stereocenters. The standard InChI is InChI=1S/C18H18N2O2/c1-2-18(15-11-7-4-8-12-15)16(21)20(17(22)19-18)13-14-9-5-3-6-10-14/h3-12H,2,13H2,1H3,(H,19,22)/t18-/m0/s1. The van der Waals surface area contributed by atoms with Crippen molar-refractivity contribution in [2.75, 3.05) is 0 Å². The highest BCUT2D eigenvalue weighted by Crippen LogP contribution is 2.32. The molecule has 2 aromatic rings. The molecule has 4 nitrogen and oxygen atoms in total. The molecule has 0 spiro atoms. The Labute approximate surface area is 129 Å². The number of rotatable bonds is 4. The normalized spacial score (nSPS) is 21.0. The summed E-state index contributed by atoms with van der Waals surface area (Å²) < 4.78 is 0. The summed E-state index contributed by atoms with van der Waals surface area (Å²) in [5, 5.41) is 2.89. The van der Waals surface area contributed by atoms with Crippen molar-refractivity contribution in [2.24, 2.45) is 0 Å². The van der Waals surface area contributed by atoms with Crippen molar-refractivity contribution in [3.63, 3.8) is 0 Å². The summed E-state index contributed by atoms with van der Waals surface area (Å²) >= 11 is 0. The van der Waals surface area contributed by atoms with Crippen molar-refractivity contribution in [2.45, 2.75) is 25.4 Å². The number of amides is 3. The summed E-state index contributed by atoms with van der Waals surface area (Å²) in [6.07, 6.45) is 0.521. The molecule has 22 heavy (non-hydrogen) atoms. The Bertz CT molecular complexity index is 685. The molecule has 1 N–H and O–H groups in total. The van der Waals surface area contributed by atoms with Crippen LogP contribution < -0.4 is 5.32 Å². The maximum absolute atomic E-state index is 12.9. The number of imide groups is 1. The SMILES string of the molecule is CC[C@@]1(c2ccccc2)NC(=O)N(Cc2ccccc2)C1=O. The van der Waals surface area contributed by atoms with Crippen molar-refractivity contribution in [1.82, 2.24) is 10.2 Å². The van der Waals surface area contributed by atoms with Gasteiger partial charge < -0.3 is 5.32 Å². The van der Waals surface area contributed by atoms with E-state index in [1.54, 1.807) is 0 Å². The monoisotopic (exact) mass is 294 g/mol. The third-order valence-corrected chi connectivity index (χ3v) is 4.16. The molecule has 0 bridgehead atoms. The van der Waals surface area contributed by atoms with Gasteiger partial charge in [0.2, 0.25) is 0 Å². The number of carbonyl (C=O) groups is 2. The molecule has 2 aromatic carbocycles. The van der Waals surface area contributed by atoms with Crippen LogP contribution in [0.2, 0.25) is 0 Å². The molecule has 1 atom stereocenters. The largest absolute Gasteiger partial charge is 0.325 e. The van der Waals surface area contributed by atoms with E-state index < -0.39 is 5.54 Å². The van der Waals surface area contributed by atoms with Crippen molar-refractivity contribution in [1.29, 1.82) is 0 Å². The van der Waals surface area contributed by atoms with Gasteiger partial charge in [0.05, 0.1) is 6.54 Å². The van der Waals surface area contributed by atoms with Gasteiger partial charge in [0, 0.05) is 0 Å². The highest BCUT2D eigenvalue weighted by molar-refractivity contribution is 6.07. The lowest BCUT2D eigenvalue weighted by Gasteiger charge is -2.25. The zero-order valence-electron chi connectivity index (χ0n) is 12.5. The first-order chi connectivity index (χ1) is 10.7. The van der Waals surface area contributed by atoms with Crippen molar-refractivity contribution >= 4 is 11.9 Å². The van der Waals surface area contributed by atoms with Crippen LogP contribution >= 0.6 is 0 Å². The van der Waals surface area contributed by atoms with Crippen LogP contribution in [0.5, 0.6) is 0 Å². The van der Waals surface area contributed by atoms with Crippen molar-refractivity contribution in [3.05, 3.63) is 71.8 Å². The van der Waals surface area contributed by atoms with Gasteiger partial charge in [0.15, 0.2) is 0 Å². The fourth-order valence-corrected chi connectivity index (χ4v) is 2.90. The highest BCUT2D eigenvalue weighted by atomic mass is 16.2. The van der Waals surface area contributed by atoms with Crippen LogP contribution in [0.1, 0.15) is 24.5 Å². The first kappa shape index (κ1) is 14.3. The van der Waals surface area contributed by atoms with E-state index in [2.05, 4.69) is 5.32 Å². The topological polar surface area (TPSA) is 49.4 Å². The van der Waals surface area contributed by atoms with Gasteiger partial charge >= 0.3 is 6.03 Å². The maximum atomic E-state index is 12.9. The van der Waals surface area contributed by atoms with Crippen LogP contribution in [0, 0.1) is 0 Å². The molecule has 3 rings (SSSR count). The van der Waals surface area contributed by atoms with Crippen LogP contribution in [0.3, 0.4) is 0 Å². The summed E-state index contributed by atoms with van der Waals surface area (Å²) in [6, 6.07) is 18.6. The summed E-state index contributed by atoms with van der Waals surface area (Å²) in [7, 11) is 0. The van der Waals surface area contributed by atoms with Crippen LogP contribution in [0.25, 0.3) is 0 Å². The Kier molecular flexibility index (Phi) is 3.67. The third kappa shape index (κ3) is 2.26. The lowest BCUT2D eigenvalue weighted by Crippen LogP contribution is -2.43. The lowest BCUT2D eigenvalue weighted by atomic mass is 9.87. The average Bonchev–Trinajstić information content (AvgIpc) is 2.82. The van der Waals surface area contributed by atoms with E-state index in [-0.39, 0.29) is 11.9 Å². The fourth-order valence-electron chi connectivity index (χ4n) is 2.90. The number of hydrogen-bond donors (Lipinski definition) is 1. The first-order valence-electron chi connectivity index (χ1n) is 7.41. The number of carbonyl (C=O) groups excluding carboxylic acids is 2. The Morgan fingerprint density at radius 2 is 1.55 bits per heavy atom. The number of nitrogens with zero attached hydrogens (tertiary/aromatic N) is 1. The molecule has 1 heterocycles. The molecular weight excluding hydrogens is 276 g/mol. The van der Waals surface area contributed by atoms with E-state index in [4.69, 9.17) is 0 Å². The van der Waals surface area contributed by atoms with Crippen LogP contribution in [0.4, 0.5) is 4.79 Å². The van der Waals surface area contributed by atoms with Gasteiger partial charge in [-0.25, -0.2) is 4.79 Å². The van der Waals surface area contributed by atoms with Crippen molar-refractivity contribution in [3.8, 4) is 0 Å². The predicted molar refractivity (Wildman–Crippen MR) is 83.9 cm³/mol. The molecule has 4 heteroatoms. The van der Waals surface area contributed by atoms with E-state index in [1.165, 1.54) is 4.90 Å². The summed E-state index contributed by atoms with van der Waals surface area (Å²) in [4.78, 5) is 26.5. The molecule has 0 saturated carbocycles. The molecule has 112 valence electrons. The second-order valence-corrected chi connectivity index (χ2v) is 5.43. The summed E-state index contributed by atoms with van der Waals surface area (Å²) in [5.74, 6) is -0.185. The Morgan fingerprint density at radius 1 is 0.955 bits per heavy atom. The molecule has 0 aliphatic carbocycles. The highest BCUT2D eigenvalue weighted by Gasteiger charge is 2.50. The van der Waals surface area contributed by atoms with Crippen LogP contribution in [-0.2, 0) is 16.9 Å². The number of urea groups is 1. The smallest absolute Gasteiger partial charge is 0.319 e. The Morgan fingerprint density at radius 3 is 2.14 bits per heavy atom. The van der Waals surface area contributed by atoms with Gasteiger partial charge in [-0.05, 0) is 17.5 Å². The third-order valence-electron chi connectivity index (χ3n) is 4.16. The van der Waals surface area contributed by atoms with Gasteiger partial charge in [-0.15, -0.1) is 0 Å². The minimum Gasteiger partial charge on any atom is -0.319 e. The van der Waals surface area contributed by atoms with E-state index >= 15 is 0 Å². The lowest BCUT2D eigenvalue weighted by molar-refractivity contribution is -0.132. The molecule has 1 fully saturated rings. The molecule has 1 aliphatic rings. The number of hydrogen-bond acceptors (Lipinski definition) is 2. The van der Waals surface area contributed by atoms with E-state index in [9.17, 15) is 9.59 Å². The maximum Gasteiger partial charge on any atom is 0.325 e. The minimum absolute atomic E-state index is 0.185. The molecule has 1 aliphatic heterocycles. The second kappa shape index (κ2) is 5.64. The zero-order valence-corrected chi connectivity index (χ0v) is 12.5. The van der Waals surface area contributed by atoms with Gasteiger partial charge in [-0.2, -0.15) is 0 Å². The number of benzene rings is 2. The van der Waals surface area contributed by atoms with Crippen LogP contribution in [-0.4, -0.2) is 16.8 Å². The minimum atomic E-state index is -0.951. The Balaban J connectivity index is 1.93. The van der Waals surface area contributed by atoms with Gasteiger partial charge in [-0.1, -0.05) is 67.6 Å². The fraction of sp³-hybridized carbons (Fsp3) is 0.222. The molecule has 0 aromatic heterocycles. The van der Waals surface area contributed by atoms with E-state index in [0.717, 1.165) is 11.1 Å². The quantitative estimate of drug-likeness (QED) is 0.881. The van der Waals surface area contributed by atoms with Gasteiger partial charge in [0.25, 0.3) is 5.91 Å². The zero-order chi connectivity index (χ0) is 15.6. The van der Waals surface area contributed by atoms with Gasteiger partial charge in [0.1, 0.15) is 5.54 Å². The molecule has 1 saturated heterocycles. The van der Waals surface area contributed by atoms with E-state index in [0.29, 0.717) is 13.0 Å². The van der Waals surface area contributed by atoms with Gasteiger partial charge in [-0.3, -0.25) is 9.69 Å². The summed E-state index contributed by atoms with van der Waals surface area (Å²) in [6.45, 7) is 2.21. The molecule has 3 amide bonds. The second-order valence-electron chi connectivity index (χ2n) is 5.43. The first-order valence-corrected chi connectivity index (χ1v) is 7.41. The number of nitrogens with one attached hydrogen (secondary N) is 1. The average molecular weight is 294 g/mol. The molecular formula is C18H18N2O2. The predicted octanol–water partition coefficient (Wildman–Crippen LogP) is 3.04. The van der Waals surface area contributed by atoms with Crippen LogP contribution in [0.15, 0.2) is 60.7 Å².